The van der Waals surface area contributed by atoms with Crippen LogP contribution in [0.25, 0.3) is 0 Å². The molecule has 1 aromatic carbocycles. The number of hydrogen-bond acceptors (Lipinski definition) is 5. The van der Waals surface area contributed by atoms with E-state index < -0.39 is 17.1 Å². The number of aromatic nitrogens is 2. The SMILES string of the molecule is Cl.Cn1c(=O)c(Br)c(N2CCC[C@@H](N)C2)n(Cc2cc(F)ccc2C#N)c1=O. The van der Waals surface area contributed by atoms with Gasteiger partial charge in [0.25, 0.3) is 5.56 Å². The van der Waals surface area contributed by atoms with Gasteiger partial charge in [0.15, 0.2) is 0 Å². The Bertz CT molecular complexity index is 1050. The summed E-state index contributed by atoms with van der Waals surface area (Å²) in [5.41, 5.74) is 5.72. The molecule has 1 saturated heterocycles. The third kappa shape index (κ3) is 4.14. The molecular formula is C18H20BrClFN5O2. The van der Waals surface area contributed by atoms with E-state index in [4.69, 9.17) is 5.73 Å². The number of nitrogens with two attached hydrogens (primary N) is 1. The second-order valence-electron chi connectivity index (χ2n) is 6.63. The van der Waals surface area contributed by atoms with Gasteiger partial charge in [-0.1, -0.05) is 0 Å². The van der Waals surface area contributed by atoms with E-state index in [1.54, 1.807) is 0 Å². The van der Waals surface area contributed by atoms with Gasteiger partial charge < -0.3 is 10.6 Å². The van der Waals surface area contributed by atoms with Crippen molar-refractivity contribution in [3.05, 3.63) is 60.5 Å². The van der Waals surface area contributed by atoms with Crippen LogP contribution in [0.1, 0.15) is 24.0 Å². The zero-order valence-corrected chi connectivity index (χ0v) is 17.6. The van der Waals surface area contributed by atoms with E-state index in [-0.39, 0.29) is 35.0 Å². The molecule has 2 heterocycles. The van der Waals surface area contributed by atoms with Crippen molar-refractivity contribution in [2.45, 2.75) is 25.4 Å². The number of benzene rings is 1. The Morgan fingerprint density at radius 3 is 2.75 bits per heavy atom. The van der Waals surface area contributed by atoms with Crippen molar-refractivity contribution in [1.29, 1.82) is 5.26 Å². The Balaban J connectivity index is 0.00000280. The Labute approximate surface area is 175 Å². The molecule has 2 N–H and O–H groups in total. The number of rotatable bonds is 3. The lowest BCUT2D eigenvalue weighted by Gasteiger charge is -2.34. The first-order valence-electron chi connectivity index (χ1n) is 8.52. The van der Waals surface area contributed by atoms with Gasteiger partial charge in [-0.15, -0.1) is 12.4 Å². The van der Waals surface area contributed by atoms with Crippen molar-refractivity contribution < 1.29 is 4.39 Å². The molecule has 3 rings (SSSR count). The minimum atomic E-state index is -0.537. The maximum atomic E-state index is 13.7. The molecule has 1 aliphatic heterocycles. The van der Waals surface area contributed by atoms with Crippen molar-refractivity contribution in [2.75, 3.05) is 18.0 Å². The Hall–Kier alpha value is -2.15. The highest BCUT2D eigenvalue weighted by Crippen LogP contribution is 2.26. The lowest BCUT2D eigenvalue weighted by Crippen LogP contribution is -2.48. The highest BCUT2D eigenvalue weighted by molar-refractivity contribution is 9.10. The minimum Gasteiger partial charge on any atom is -0.355 e. The summed E-state index contributed by atoms with van der Waals surface area (Å²) >= 11 is 3.32. The molecule has 28 heavy (non-hydrogen) atoms. The van der Waals surface area contributed by atoms with Gasteiger partial charge in [0.05, 0.1) is 18.2 Å². The third-order valence-corrected chi connectivity index (χ3v) is 5.43. The zero-order valence-electron chi connectivity index (χ0n) is 15.2. The Morgan fingerprint density at radius 2 is 2.11 bits per heavy atom. The fourth-order valence-corrected chi connectivity index (χ4v) is 4.08. The van der Waals surface area contributed by atoms with Gasteiger partial charge in [-0.3, -0.25) is 13.9 Å². The molecule has 0 radical (unpaired) electrons. The van der Waals surface area contributed by atoms with Gasteiger partial charge in [0.1, 0.15) is 16.1 Å². The molecule has 0 unspecified atom stereocenters. The van der Waals surface area contributed by atoms with Crippen LogP contribution in [-0.2, 0) is 13.6 Å². The van der Waals surface area contributed by atoms with Crippen LogP contribution < -0.4 is 21.9 Å². The van der Waals surface area contributed by atoms with Crippen molar-refractivity contribution in [1.82, 2.24) is 9.13 Å². The maximum Gasteiger partial charge on any atom is 0.332 e. The highest BCUT2D eigenvalue weighted by Gasteiger charge is 2.25. The predicted octanol–water partition coefficient (Wildman–Crippen LogP) is 1.72. The second-order valence-corrected chi connectivity index (χ2v) is 7.43. The summed E-state index contributed by atoms with van der Waals surface area (Å²) in [6.07, 6.45) is 1.70. The summed E-state index contributed by atoms with van der Waals surface area (Å²) in [4.78, 5) is 27.2. The molecule has 0 amide bonds. The molecule has 0 saturated carbocycles. The van der Waals surface area contributed by atoms with E-state index in [1.807, 2.05) is 11.0 Å². The number of nitriles is 1. The van der Waals surface area contributed by atoms with E-state index in [9.17, 15) is 19.2 Å². The summed E-state index contributed by atoms with van der Waals surface area (Å²) in [6, 6.07) is 5.76. The topological polar surface area (TPSA) is 97.1 Å². The highest BCUT2D eigenvalue weighted by atomic mass is 79.9. The number of halogens is 3. The van der Waals surface area contributed by atoms with E-state index >= 15 is 0 Å². The standard InChI is InChI=1S/C18H19BrFN5O2.ClH/c1-23-17(26)15(19)16(24-6-2-3-14(22)10-24)25(18(23)27)9-12-7-13(20)5-4-11(12)8-21;/h4-5,7,14H,2-3,6,9-10,22H2,1H3;1H/t14-;/m1./s1. The summed E-state index contributed by atoms with van der Waals surface area (Å²) in [5.74, 6) is -0.0890. The molecule has 0 aliphatic carbocycles. The first kappa shape index (κ1) is 22.1. The van der Waals surface area contributed by atoms with Crippen LogP contribution in [0.3, 0.4) is 0 Å². The number of anilines is 1. The molecule has 7 nitrogen and oxygen atoms in total. The summed E-state index contributed by atoms with van der Waals surface area (Å²) in [5, 5.41) is 9.31. The third-order valence-electron chi connectivity index (χ3n) is 4.74. The molecule has 1 atom stereocenters. The van der Waals surface area contributed by atoms with Crippen molar-refractivity contribution in [2.24, 2.45) is 12.8 Å². The van der Waals surface area contributed by atoms with Crippen LogP contribution in [-0.4, -0.2) is 28.3 Å². The predicted molar refractivity (Wildman–Crippen MR) is 111 cm³/mol. The molecule has 2 aromatic rings. The first-order chi connectivity index (χ1) is 12.8. The zero-order chi connectivity index (χ0) is 19.7. The molecule has 0 bridgehead atoms. The molecule has 150 valence electrons. The minimum absolute atomic E-state index is 0. The monoisotopic (exact) mass is 471 g/mol. The molecular weight excluding hydrogens is 453 g/mol. The van der Waals surface area contributed by atoms with Crippen LogP contribution in [0.5, 0.6) is 0 Å². The van der Waals surface area contributed by atoms with Crippen molar-refractivity contribution in [3.63, 3.8) is 0 Å². The summed E-state index contributed by atoms with van der Waals surface area (Å²) in [7, 11) is 1.38. The van der Waals surface area contributed by atoms with Crippen molar-refractivity contribution >= 4 is 34.2 Å². The van der Waals surface area contributed by atoms with Crippen LogP contribution in [0.2, 0.25) is 0 Å². The molecule has 1 aliphatic rings. The van der Waals surface area contributed by atoms with Crippen molar-refractivity contribution in [3.8, 4) is 6.07 Å². The van der Waals surface area contributed by atoms with E-state index in [2.05, 4.69) is 15.9 Å². The Kier molecular flexibility index (Phi) is 7.04. The van der Waals surface area contributed by atoms with E-state index in [0.29, 0.717) is 24.5 Å². The lowest BCUT2D eigenvalue weighted by atomic mass is 10.1. The molecule has 0 spiro atoms. The van der Waals surface area contributed by atoms with Gasteiger partial charge in [-0.25, -0.2) is 9.18 Å². The van der Waals surface area contributed by atoms with Gasteiger partial charge in [-0.2, -0.15) is 5.26 Å². The fourth-order valence-electron chi connectivity index (χ4n) is 3.35. The quantitative estimate of drug-likeness (QED) is 0.734. The molecule has 1 aromatic heterocycles. The smallest absolute Gasteiger partial charge is 0.332 e. The van der Waals surface area contributed by atoms with Crippen LogP contribution >= 0.6 is 28.3 Å². The Morgan fingerprint density at radius 1 is 1.39 bits per heavy atom. The van der Waals surface area contributed by atoms with E-state index in [1.165, 1.54) is 29.8 Å². The normalized spacial score (nSPS) is 16.4. The average Bonchev–Trinajstić information content (AvgIpc) is 2.65. The maximum absolute atomic E-state index is 13.7. The average molecular weight is 473 g/mol. The van der Waals surface area contributed by atoms with Gasteiger partial charge in [-0.05, 0) is 52.5 Å². The van der Waals surface area contributed by atoms with E-state index in [0.717, 1.165) is 17.4 Å². The lowest BCUT2D eigenvalue weighted by molar-refractivity contribution is 0.490. The van der Waals surface area contributed by atoms with Crippen LogP contribution in [0.4, 0.5) is 10.2 Å². The van der Waals surface area contributed by atoms with Gasteiger partial charge >= 0.3 is 5.69 Å². The van der Waals surface area contributed by atoms with Crippen LogP contribution in [0.15, 0.2) is 32.3 Å². The largest absolute Gasteiger partial charge is 0.355 e. The summed E-state index contributed by atoms with van der Waals surface area (Å²) < 4.78 is 16.3. The number of nitrogens with zero attached hydrogens (tertiary/aromatic N) is 4. The second kappa shape index (κ2) is 8.90. The summed E-state index contributed by atoms with van der Waals surface area (Å²) in [6.45, 7) is 1.11. The number of piperidine rings is 1. The van der Waals surface area contributed by atoms with Gasteiger partial charge in [0, 0.05) is 26.2 Å². The fraction of sp³-hybridized carbons (Fsp3) is 0.389. The number of hydrogen-bond donors (Lipinski definition) is 1. The molecule has 10 heteroatoms. The first-order valence-corrected chi connectivity index (χ1v) is 9.31. The molecule has 1 fully saturated rings. The van der Waals surface area contributed by atoms with Crippen LogP contribution in [0, 0.1) is 17.1 Å². The van der Waals surface area contributed by atoms with Gasteiger partial charge in [0.2, 0.25) is 0 Å².